The first-order valence-corrected chi connectivity index (χ1v) is 6.58. The van der Waals surface area contributed by atoms with Gasteiger partial charge >= 0.3 is 0 Å². The highest BCUT2D eigenvalue weighted by atomic mass is 79.9. The van der Waals surface area contributed by atoms with Gasteiger partial charge in [-0.3, -0.25) is 9.48 Å². The Balaban J connectivity index is 2.20. The van der Waals surface area contributed by atoms with E-state index in [1.165, 1.54) is 0 Å². The van der Waals surface area contributed by atoms with Crippen LogP contribution in [0.4, 0.5) is 5.69 Å². The number of hydrogen-bond donors (Lipinski definition) is 2. The van der Waals surface area contributed by atoms with Crippen molar-refractivity contribution in [3.8, 4) is 0 Å². The number of thiocarbonyl (C=S) groups is 1. The lowest BCUT2D eigenvalue weighted by Gasteiger charge is -2.07. The number of rotatable bonds is 3. The molecule has 1 heterocycles. The average molecular weight is 339 g/mol. The van der Waals surface area contributed by atoms with E-state index in [0.717, 1.165) is 5.56 Å². The lowest BCUT2D eigenvalue weighted by molar-refractivity contribution is 0.102. The summed E-state index contributed by atoms with van der Waals surface area (Å²) in [6.45, 7) is 0. The van der Waals surface area contributed by atoms with Crippen LogP contribution in [0.15, 0.2) is 34.9 Å². The number of nitrogens with one attached hydrogen (secondary N) is 1. The summed E-state index contributed by atoms with van der Waals surface area (Å²) in [7, 11) is 1.75. The fraction of sp³-hybridized carbons (Fsp3) is 0.0833. The average Bonchev–Trinajstić information content (AvgIpc) is 2.78. The molecular weight excluding hydrogens is 328 g/mol. The lowest BCUT2D eigenvalue weighted by Crippen LogP contribution is -2.14. The topological polar surface area (TPSA) is 72.9 Å². The Hall–Kier alpha value is -1.73. The van der Waals surface area contributed by atoms with Crippen LogP contribution in [0, 0.1) is 0 Å². The summed E-state index contributed by atoms with van der Waals surface area (Å²) < 4.78 is 2.28. The van der Waals surface area contributed by atoms with E-state index >= 15 is 0 Å². The fourth-order valence-electron chi connectivity index (χ4n) is 1.49. The third kappa shape index (κ3) is 3.18. The van der Waals surface area contributed by atoms with Crippen LogP contribution in [-0.4, -0.2) is 20.7 Å². The van der Waals surface area contributed by atoms with Gasteiger partial charge in [0.15, 0.2) is 5.69 Å². The number of hydrogen-bond acceptors (Lipinski definition) is 3. The van der Waals surface area contributed by atoms with E-state index in [1.54, 1.807) is 42.2 Å². The lowest BCUT2D eigenvalue weighted by atomic mass is 10.2. The van der Waals surface area contributed by atoms with Gasteiger partial charge < -0.3 is 11.1 Å². The molecule has 0 saturated carbocycles. The van der Waals surface area contributed by atoms with Crippen LogP contribution in [0.25, 0.3) is 0 Å². The normalized spacial score (nSPS) is 10.2. The minimum Gasteiger partial charge on any atom is -0.389 e. The molecule has 0 aliphatic carbocycles. The Morgan fingerprint density at radius 2 is 2.21 bits per heavy atom. The van der Waals surface area contributed by atoms with E-state index in [2.05, 4.69) is 26.3 Å². The van der Waals surface area contributed by atoms with E-state index in [1.807, 2.05) is 0 Å². The molecule has 7 heteroatoms. The molecule has 0 saturated heterocycles. The summed E-state index contributed by atoms with van der Waals surface area (Å²) in [5.41, 5.74) is 7.26. The van der Waals surface area contributed by atoms with E-state index in [9.17, 15) is 4.79 Å². The number of aromatic nitrogens is 2. The largest absolute Gasteiger partial charge is 0.389 e. The molecule has 3 N–H and O–H groups in total. The second-order valence-electron chi connectivity index (χ2n) is 3.89. The van der Waals surface area contributed by atoms with Gasteiger partial charge in [0.05, 0.1) is 5.69 Å². The maximum Gasteiger partial charge on any atom is 0.276 e. The van der Waals surface area contributed by atoms with Crippen molar-refractivity contribution in [2.45, 2.75) is 0 Å². The van der Waals surface area contributed by atoms with Crippen LogP contribution in [0.3, 0.4) is 0 Å². The van der Waals surface area contributed by atoms with Gasteiger partial charge in [-0.05, 0) is 40.2 Å². The Morgan fingerprint density at radius 1 is 1.47 bits per heavy atom. The molecule has 0 atom stereocenters. The Labute approximate surface area is 123 Å². The van der Waals surface area contributed by atoms with Crippen LogP contribution in [-0.2, 0) is 7.05 Å². The van der Waals surface area contributed by atoms with Gasteiger partial charge in [-0.2, -0.15) is 5.10 Å². The van der Waals surface area contributed by atoms with Crippen LogP contribution < -0.4 is 11.1 Å². The molecule has 5 nitrogen and oxygen atoms in total. The second kappa shape index (κ2) is 5.50. The Kier molecular flexibility index (Phi) is 3.96. The second-order valence-corrected chi connectivity index (χ2v) is 5.18. The number of halogens is 1. The van der Waals surface area contributed by atoms with Crippen molar-refractivity contribution >= 4 is 44.7 Å². The highest BCUT2D eigenvalue weighted by molar-refractivity contribution is 9.10. The molecule has 19 heavy (non-hydrogen) atoms. The monoisotopic (exact) mass is 338 g/mol. The van der Waals surface area contributed by atoms with Crippen molar-refractivity contribution in [3.63, 3.8) is 0 Å². The number of amides is 1. The molecule has 2 rings (SSSR count). The minimum atomic E-state index is -0.274. The first-order chi connectivity index (χ1) is 8.97. The minimum absolute atomic E-state index is 0.274. The number of benzene rings is 1. The molecule has 0 aliphatic rings. The van der Waals surface area contributed by atoms with Crippen molar-refractivity contribution in [3.05, 3.63) is 46.2 Å². The zero-order valence-electron chi connectivity index (χ0n) is 10.1. The van der Waals surface area contributed by atoms with Gasteiger partial charge in [-0.1, -0.05) is 12.2 Å². The molecular formula is C12H11BrN4OS. The van der Waals surface area contributed by atoms with E-state index in [4.69, 9.17) is 18.0 Å². The molecule has 98 valence electrons. The van der Waals surface area contributed by atoms with Gasteiger partial charge in [0, 0.05) is 23.3 Å². The summed E-state index contributed by atoms with van der Waals surface area (Å²) in [6, 6.07) is 6.89. The van der Waals surface area contributed by atoms with Crippen molar-refractivity contribution in [2.24, 2.45) is 12.8 Å². The predicted molar refractivity (Wildman–Crippen MR) is 81.2 cm³/mol. The van der Waals surface area contributed by atoms with Crippen molar-refractivity contribution in [2.75, 3.05) is 5.32 Å². The maximum atomic E-state index is 11.9. The third-order valence-electron chi connectivity index (χ3n) is 2.45. The molecule has 2 aromatic rings. The number of aryl methyl sites for hydroxylation is 1. The summed E-state index contributed by atoms with van der Waals surface area (Å²) in [6.07, 6.45) is 1.71. The van der Waals surface area contributed by atoms with Gasteiger partial charge in [0.2, 0.25) is 0 Å². The molecule has 0 spiro atoms. The number of nitrogens with zero attached hydrogens (tertiary/aromatic N) is 2. The van der Waals surface area contributed by atoms with Gasteiger partial charge in [0.25, 0.3) is 5.91 Å². The smallest absolute Gasteiger partial charge is 0.276 e. The van der Waals surface area contributed by atoms with Crippen molar-refractivity contribution in [1.82, 2.24) is 9.78 Å². The molecule has 0 bridgehead atoms. The quantitative estimate of drug-likeness (QED) is 0.840. The molecule has 0 fully saturated rings. The summed E-state index contributed by atoms with van der Waals surface area (Å²) >= 11 is 8.26. The Bertz CT molecular complexity index is 653. The van der Waals surface area contributed by atoms with E-state index in [-0.39, 0.29) is 5.91 Å². The zero-order chi connectivity index (χ0) is 14.0. The highest BCUT2D eigenvalue weighted by Crippen LogP contribution is 2.24. The predicted octanol–water partition coefficient (Wildman–Crippen LogP) is 2.07. The van der Waals surface area contributed by atoms with Crippen LogP contribution >= 0.6 is 28.1 Å². The molecule has 1 aromatic carbocycles. The molecule has 1 aromatic heterocycles. The summed E-state index contributed by atoms with van der Waals surface area (Å²) in [5, 5.41) is 6.79. The van der Waals surface area contributed by atoms with E-state index < -0.39 is 0 Å². The molecule has 0 unspecified atom stereocenters. The van der Waals surface area contributed by atoms with Crippen molar-refractivity contribution < 1.29 is 4.79 Å². The highest BCUT2D eigenvalue weighted by Gasteiger charge is 2.11. The molecule has 0 radical (unpaired) electrons. The molecule has 1 amide bonds. The molecule has 0 aliphatic heterocycles. The summed E-state index contributed by atoms with van der Waals surface area (Å²) in [5.74, 6) is -0.274. The van der Waals surface area contributed by atoms with Gasteiger partial charge in [-0.25, -0.2) is 0 Å². The number of anilines is 1. The first-order valence-electron chi connectivity index (χ1n) is 5.37. The van der Waals surface area contributed by atoms with Gasteiger partial charge in [0.1, 0.15) is 4.99 Å². The Morgan fingerprint density at radius 3 is 2.74 bits per heavy atom. The van der Waals surface area contributed by atoms with Crippen molar-refractivity contribution in [1.29, 1.82) is 0 Å². The van der Waals surface area contributed by atoms with Crippen LogP contribution in [0.2, 0.25) is 0 Å². The van der Waals surface area contributed by atoms with Gasteiger partial charge in [-0.15, -0.1) is 0 Å². The van der Waals surface area contributed by atoms with E-state index in [0.29, 0.717) is 20.8 Å². The number of carbonyl (C=O) groups is 1. The maximum absolute atomic E-state index is 11.9. The fourth-order valence-corrected chi connectivity index (χ4v) is 2.10. The number of nitrogens with two attached hydrogens (primary N) is 1. The van der Waals surface area contributed by atoms with Crippen LogP contribution in [0.1, 0.15) is 16.1 Å². The standard InChI is InChI=1S/C12H11BrN4OS/c1-17-5-4-10(16-17)12(18)15-9-3-2-7(11(14)19)6-8(9)13/h2-6H,1H3,(H2,14,19)(H,15,18). The zero-order valence-corrected chi connectivity index (χ0v) is 12.5. The van der Waals surface area contributed by atoms with Crippen LogP contribution in [0.5, 0.6) is 0 Å². The SMILES string of the molecule is Cn1ccc(C(=O)Nc2ccc(C(N)=S)cc2Br)n1. The summed E-state index contributed by atoms with van der Waals surface area (Å²) in [4.78, 5) is 12.2. The first kappa shape index (κ1) is 13.7. The third-order valence-corrected chi connectivity index (χ3v) is 3.34. The number of carbonyl (C=O) groups excluding carboxylic acids is 1.